The number of hydrogen-bond acceptors (Lipinski definition) is 10. The van der Waals surface area contributed by atoms with E-state index in [4.69, 9.17) is 9.72 Å². The van der Waals surface area contributed by atoms with Crippen molar-refractivity contribution in [2.24, 2.45) is 17.3 Å². The molecule has 1 fully saturated rings. The van der Waals surface area contributed by atoms with Crippen LogP contribution in [-0.2, 0) is 30.3 Å². The third-order valence-electron chi connectivity index (χ3n) is 12.6. The molecule has 1 aromatic heterocycles. The van der Waals surface area contributed by atoms with Gasteiger partial charge in [-0.2, -0.15) is 0 Å². The average Bonchev–Trinajstić information content (AvgIpc) is 3.77. The molecule has 14 nitrogen and oxygen atoms in total. The first-order chi connectivity index (χ1) is 30.5. The van der Waals surface area contributed by atoms with Crippen LogP contribution in [0.5, 0.6) is 0 Å². The van der Waals surface area contributed by atoms with Gasteiger partial charge in [-0.1, -0.05) is 85.8 Å². The Morgan fingerprint density at radius 3 is 2.31 bits per heavy atom. The zero-order valence-electron chi connectivity index (χ0n) is 40.2. The molecule has 1 aromatic carbocycles. The van der Waals surface area contributed by atoms with E-state index in [2.05, 4.69) is 41.6 Å². The number of piperidine rings is 1. The molecule has 0 aliphatic carbocycles. The van der Waals surface area contributed by atoms with Gasteiger partial charge in [-0.15, -0.1) is 11.3 Å². The zero-order valence-corrected chi connectivity index (χ0v) is 41.1. The van der Waals surface area contributed by atoms with Crippen molar-refractivity contribution in [2.45, 2.75) is 176 Å². The Kier molecular flexibility index (Phi) is 23.4. The third kappa shape index (κ3) is 16.8. The summed E-state index contributed by atoms with van der Waals surface area (Å²) in [5.41, 5.74) is 0.598. The van der Waals surface area contributed by atoms with Crippen molar-refractivity contribution >= 4 is 46.6 Å². The van der Waals surface area contributed by atoms with Gasteiger partial charge in [-0.05, 0) is 95.4 Å². The highest BCUT2D eigenvalue weighted by Crippen LogP contribution is 2.32. The molecule has 3 rings (SSSR count). The molecule has 2 aromatic rings. The summed E-state index contributed by atoms with van der Waals surface area (Å²) in [5, 5.41) is 31.0. The van der Waals surface area contributed by atoms with Crippen molar-refractivity contribution in [1.29, 1.82) is 0 Å². The zero-order chi connectivity index (χ0) is 47.4. The van der Waals surface area contributed by atoms with E-state index in [9.17, 15) is 29.4 Å². The molecule has 15 heteroatoms. The van der Waals surface area contributed by atoms with E-state index >= 15 is 4.79 Å². The number of carboxylic acids is 1. The Labute approximate surface area is 387 Å². The minimum absolute atomic E-state index is 0.0248. The van der Waals surface area contributed by atoms with Crippen molar-refractivity contribution in [3.8, 4) is 0 Å². The van der Waals surface area contributed by atoms with E-state index in [-0.39, 0.29) is 60.4 Å². The summed E-state index contributed by atoms with van der Waals surface area (Å²) in [7, 11) is 0. The lowest BCUT2D eigenvalue weighted by Gasteiger charge is -2.40. The normalized spacial score (nSPS) is 17.0. The van der Waals surface area contributed by atoms with Gasteiger partial charge in [-0.25, -0.2) is 4.98 Å². The Bertz CT molecular complexity index is 1750. The van der Waals surface area contributed by atoms with E-state index in [0.29, 0.717) is 68.9 Å². The molecular formula is C49H80N6O8S. The predicted octanol–water partition coefficient (Wildman–Crippen LogP) is 8.00. The number of benzene rings is 1. The number of ether oxygens (including phenoxy) is 1. The van der Waals surface area contributed by atoms with Crippen LogP contribution in [0.15, 0.2) is 29.6 Å². The van der Waals surface area contributed by atoms with Crippen LogP contribution in [0, 0.1) is 17.3 Å². The van der Waals surface area contributed by atoms with E-state index in [0.717, 1.165) is 50.6 Å². The first kappa shape index (κ1) is 54.4. The number of carbonyl (C=O) groups is 5. The summed E-state index contributed by atoms with van der Waals surface area (Å²) >= 11 is 1.32. The summed E-state index contributed by atoms with van der Waals surface area (Å²) in [4.78, 5) is 76.1. The number of nitrogens with one attached hydrogen (secondary N) is 3. The molecule has 6 atom stereocenters. The topological polar surface area (TPSA) is 190 Å². The lowest BCUT2D eigenvalue weighted by atomic mass is 9.84. The number of aromatic nitrogens is 1. The van der Waals surface area contributed by atoms with Gasteiger partial charge >= 0.3 is 5.97 Å². The van der Waals surface area contributed by atoms with Crippen LogP contribution >= 0.6 is 11.3 Å². The number of rotatable bonds is 29. The van der Waals surface area contributed by atoms with Crippen molar-refractivity contribution in [1.82, 2.24) is 25.4 Å². The van der Waals surface area contributed by atoms with E-state index in [1.165, 1.54) is 11.3 Å². The maximum Gasteiger partial charge on any atom is 0.309 e. The number of likely N-dealkylation sites (tertiary alicyclic amines) is 1. The Hall–Kier alpha value is -3.92. The molecule has 0 spiro atoms. The molecule has 2 heterocycles. The Morgan fingerprint density at radius 1 is 0.984 bits per heavy atom. The first-order valence-electron chi connectivity index (χ1n) is 24.0. The SMILES string of the molecule is CCCCCCN(C(=O)[C@@H](NC(=O)[C@H]1CCCCN1CCCO)[C@@H](C)CC)[C@H](C[C@@H](OCC)c1nc(C(=O)N[C@@H](Cc2ccc(NC(=O)CC)cc2)CC(C)(C)C(=O)O)cs1)C(C)C. The third-order valence-corrected chi connectivity index (χ3v) is 13.5. The van der Waals surface area contributed by atoms with Crippen molar-refractivity contribution < 1.29 is 38.9 Å². The fourth-order valence-electron chi connectivity index (χ4n) is 8.44. The lowest BCUT2D eigenvalue weighted by Crippen LogP contribution is -2.59. The second-order valence-electron chi connectivity index (χ2n) is 18.5. The van der Waals surface area contributed by atoms with Gasteiger partial charge in [0, 0.05) is 62.3 Å². The van der Waals surface area contributed by atoms with E-state index in [1.807, 2.05) is 37.8 Å². The number of amides is 4. The number of thiazole rings is 1. The summed E-state index contributed by atoms with van der Waals surface area (Å²) in [6.07, 6.45) is 8.64. The highest BCUT2D eigenvalue weighted by molar-refractivity contribution is 7.09. The molecule has 1 aliphatic rings. The van der Waals surface area contributed by atoms with Crippen LogP contribution in [0.25, 0.3) is 0 Å². The fraction of sp³-hybridized carbons (Fsp3) is 0.714. The molecule has 5 N–H and O–H groups in total. The number of carboxylic acid groups (broad SMARTS) is 1. The van der Waals surface area contributed by atoms with Crippen LogP contribution in [0.1, 0.15) is 167 Å². The number of aliphatic hydroxyl groups excluding tert-OH is 1. The smallest absolute Gasteiger partial charge is 0.309 e. The lowest BCUT2D eigenvalue weighted by molar-refractivity contribution is -0.147. The van der Waals surface area contributed by atoms with Crippen LogP contribution in [0.4, 0.5) is 5.69 Å². The molecule has 0 unspecified atom stereocenters. The van der Waals surface area contributed by atoms with Crippen LogP contribution in [-0.4, -0.2) is 112 Å². The van der Waals surface area contributed by atoms with Gasteiger partial charge in [0.15, 0.2) is 0 Å². The summed E-state index contributed by atoms with van der Waals surface area (Å²) in [6.45, 7) is 19.8. The maximum atomic E-state index is 15.0. The molecule has 1 aliphatic heterocycles. The molecule has 0 saturated carbocycles. The standard InChI is InChI=1S/C49H80N6O8S/c1-10-14-15-17-27-55(47(60)43(34(7)11-2)53-45(59)39-20-16-18-25-54(39)26-19-28-56)40(33(5)6)30-41(63-13-4)46-52-38(32-64-46)44(58)51-37(31-49(8,9)48(61)62)29-35-21-23-36(24-22-35)50-42(57)12-3/h21-24,32-34,37,39-41,43,56H,10-20,25-31H2,1-9H3,(H,50,57)(H,51,58)(H,53,59)(H,61,62)/t34-,37-,39+,40+,41+,43-/m0/s1. The van der Waals surface area contributed by atoms with Gasteiger partial charge in [0.2, 0.25) is 17.7 Å². The fourth-order valence-corrected chi connectivity index (χ4v) is 9.30. The molecule has 64 heavy (non-hydrogen) atoms. The number of anilines is 1. The molecule has 360 valence electrons. The van der Waals surface area contributed by atoms with Gasteiger partial charge < -0.3 is 35.8 Å². The number of nitrogens with zero attached hydrogens (tertiary/aromatic N) is 3. The second-order valence-corrected chi connectivity index (χ2v) is 19.4. The van der Waals surface area contributed by atoms with Crippen molar-refractivity contribution in [3.05, 3.63) is 45.9 Å². The highest BCUT2D eigenvalue weighted by atomic mass is 32.1. The summed E-state index contributed by atoms with van der Waals surface area (Å²) < 4.78 is 6.38. The summed E-state index contributed by atoms with van der Waals surface area (Å²) in [6, 6.07) is 5.44. The molecule has 0 bridgehead atoms. The van der Waals surface area contributed by atoms with Crippen molar-refractivity contribution in [2.75, 3.05) is 38.2 Å². The molecule has 1 saturated heterocycles. The number of aliphatic hydroxyl groups is 1. The Morgan fingerprint density at radius 2 is 1.70 bits per heavy atom. The van der Waals surface area contributed by atoms with Gasteiger partial charge in [0.25, 0.3) is 5.91 Å². The molecule has 4 amide bonds. The molecule has 0 radical (unpaired) electrons. The van der Waals surface area contributed by atoms with Crippen molar-refractivity contribution in [3.63, 3.8) is 0 Å². The van der Waals surface area contributed by atoms with Crippen LogP contribution < -0.4 is 16.0 Å². The monoisotopic (exact) mass is 913 g/mol. The van der Waals surface area contributed by atoms with Crippen LogP contribution in [0.3, 0.4) is 0 Å². The predicted molar refractivity (Wildman–Crippen MR) is 254 cm³/mol. The van der Waals surface area contributed by atoms with Gasteiger partial charge in [0.05, 0.1) is 11.5 Å². The Balaban J connectivity index is 1.91. The minimum atomic E-state index is -1.13. The van der Waals surface area contributed by atoms with Crippen LogP contribution in [0.2, 0.25) is 0 Å². The minimum Gasteiger partial charge on any atom is -0.481 e. The highest BCUT2D eigenvalue weighted by Gasteiger charge is 2.39. The first-order valence-corrected chi connectivity index (χ1v) is 24.8. The van der Waals surface area contributed by atoms with E-state index < -0.39 is 35.5 Å². The number of aliphatic carboxylic acids is 1. The maximum absolute atomic E-state index is 15.0. The largest absolute Gasteiger partial charge is 0.481 e. The van der Waals surface area contributed by atoms with Gasteiger partial charge in [0.1, 0.15) is 22.8 Å². The average molecular weight is 913 g/mol. The molecular weight excluding hydrogens is 833 g/mol. The number of unbranched alkanes of at least 4 members (excludes halogenated alkanes) is 3. The second kappa shape index (κ2) is 27.5. The number of hydrogen-bond donors (Lipinski definition) is 5. The van der Waals surface area contributed by atoms with Gasteiger partial charge in [-0.3, -0.25) is 28.9 Å². The summed E-state index contributed by atoms with van der Waals surface area (Å²) in [5.74, 6) is -1.82. The number of carbonyl (C=O) groups excluding carboxylic acids is 4. The quantitative estimate of drug-likeness (QED) is 0.0500. The van der Waals surface area contributed by atoms with E-state index in [1.54, 1.807) is 38.3 Å².